The third kappa shape index (κ3) is 3.74. The normalized spacial score (nSPS) is 11.2. The van der Waals surface area contributed by atoms with Crippen molar-refractivity contribution >= 4 is 23.0 Å². The highest BCUT2D eigenvalue weighted by atomic mass is 16.5. The lowest BCUT2D eigenvalue weighted by Gasteiger charge is -2.01. The largest absolute Gasteiger partial charge is 0.462 e. The van der Waals surface area contributed by atoms with Crippen LogP contribution in [0.2, 0.25) is 0 Å². The molecule has 3 nitrogen and oxygen atoms in total. The minimum absolute atomic E-state index is 0.316. The van der Waals surface area contributed by atoms with Gasteiger partial charge in [0, 0.05) is 5.39 Å². The Balaban J connectivity index is 1.72. The SMILES string of the molecule is CCOC(=O)c1cccc2oc(/C=C\CCc3ccccc3)cc12. The van der Waals surface area contributed by atoms with Crippen LogP contribution in [0.3, 0.4) is 0 Å². The fraction of sp³-hybridized carbons (Fsp3) is 0.190. The highest BCUT2D eigenvalue weighted by Gasteiger charge is 2.13. The van der Waals surface area contributed by atoms with Crippen molar-refractivity contribution in [2.24, 2.45) is 0 Å². The van der Waals surface area contributed by atoms with E-state index in [9.17, 15) is 4.79 Å². The van der Waals surface area contributed by atoms with Gasteiger partial charge in [0.1, 0.15) is 11.3 Å². The Morgan fingerprint density at radius 3 is 2.75 bits per heavy atom. The smallest absolute Gasteiger partial charge is 0.338 e. The predicted molar refractivity (Wildman–Crippen MR) is 96.0 cm³/mol. The van der Waals surface area contributed by atoms with Crippen LogP contribution in [0, 0.1) is 0 Å². The highest BCUT2D eigenvalue weighted by Crippen LogP contribution is 2.24. The summed E-state index contributed by atoms with van der Waals surface area (Å²) in [4.78, 5) is 12.0. The van der Waals surface area contributed by atoms with Crippen molar-refractivity contribution in [2.45, 2.75) is 19.8 Å². The molecule has 0 aliphatic carbocycles. The summed E-state index contributed by atoms with van der Waals surface area (Å²) in [5, 5.41) is 0.790. The first-order chi connectivity index (χ1) is 11.8. The van der Waals surface area contributed by atoms with Gasteiger partial charge < -0.3 is 9.15 Å². The van der Waals surface area contributed by atoms with E-state index < -0.39 is 0 Å². The van der Waals surface area contributed by atoms with Crippen LogP contribution in [0.25, 0.3) is 17.0 Å². The van der Waals surface area contributed by atoms with E-state index in [-0.39, 0.29) is 5.97 Å². The molecule has 0 bridgehead atoms. The van der Waals surface area contributed by atoms with Crippen LogP contribution < -0.4 is 0 Å². The van der Waals surface area contributed by atoms with Crippen molar-refractivity contribution in [3.8, 4) is 0 Å². The molecule has 0 amide bonds. The molecule has 2 aromatic carbocycles. The van der Waals surface area contributed by atoms with Crippen molar-refractivity contribution in [1.29, 1.82) is 0 Å². The topological polar surface area (TPSA) is 39.4 Å². The van der Waals surface area contributed by atoms with Gasteiger partial charge in [-0.3, -0.25) is 0 Å². The van der Waals surface area contributed by atoms with Gasteiger partial charge in [0.05, 0.1) is 12.2 Å². The van der Waals surface area contributed by atoms with Crippen molar-refractivity contribution in [3.05, 3.63) is 77.6 Å². The molecule has 3 heteroatoms. The molecule has 3 rings (SSSR count). The van der Waals surface area contributed by atoms with Gasteiger partial charge in [-0.1, -0.05) is 42.5 Å². The van der Waals surface area contributed by atoms with Gasteiger partial charge >= 0.3 is 5.97 Å². The van der Waals surface area contributed by atoms with Crippen LogP contribution in [-0.4, -0.2) is 12.6 Å². The van der Waals surface area contributed by atoms with E-state index in [0.29, 0.717) is 17.8 Å². The van der Waals surface area contributed by atoms with Crippen LogP contribution >= 0.6 is 0 Å². The molecule has 0 fully saturated rings. The summed E-state index contributed by atoms with van der Waals surface area (Å²) in [5.41, 5.74) is 2.56. The van der Waals surface area contributed by atoms with Gasteiger partial charge in [0.2, 0.25) is 0 Å². The molecule has 3 aromatic rings. The Bertz CT molecular complexity index is 844. The Morgan fingerprint density at radius 2 is 1.96 bits per heavy atom. The highest BCUT2D eigenvalue weighted by molar-refractivity contribution is 6.03. The number of carbonyl (C=O) groups excluding carboxylic acids is 1. The summed E-state index contributed by atoms with van der Waals surface area (Å²) in [7, 11) is 0. The minimum atomic E-state index is -0.316. The number of furan rings is 1. The molecule has 0 atom stereocenters. The predicted octanol–water partition coefficient (Wildman–Crippen LogP) is 5.26. The fourth-order valence-electron chi connectivity index (χ4n) is 2.64. The molecule has 1 heterocycles. The van der Waals surface area contributed by atoms with Gasteiger partial charge in [0.15, 0.2) is 0 Å². The third-order valence-corrected chi connectivity index (χ3v) is 3.80. The van der Waals surface area contributed by atoms with E-state index in [1.54, 1.807) is 19.1 Å². The summed E-state index contributed by atoms with van der Waals surface area (Å²) in [6.45, 7) is 2.16. The molecule has 0 unspecified atom stereocenters. The Labute approximate surface area is 141 Å². The Hall–Kier alpha value is -2.81. The van der Waals surface area contributed by atoms with E-state index in [1.807, 2.05) is 24.3 Å². The number of allylic oxidation sites excluding steroid dienone is 1. The minimum Gasteiger partial charge on any atom is -0.462 e. The quantitative estimate of drug-likeness (QED) is 0.582. The zero-order chi connectivity index (χ0) is 16.8. The number of fused-ring (bicyclic) bond motifs is 1. The first-order valence-electron chi connectivity index (χ1n) is 8.18. The van der Waals surface area contributed by atoms with E-state index in [2.05, 4.69) is 30.3 Å². The van der Waals surface area contributed by atoms with Gasteiger partial charge in [0.25, 0.3) is 0 Å². The lowest BCUT2D eigenvalue weighted by molar-refractivity contribution is 0.0528. The maximum Gasteiger partial charge on any atom is 0.338 e. The average Bonchev–Trinajstić information content (AvgIpc) is 3.02. The molecule has 0 spiro atoms. The second-order valence-electron chi connectivity index (χ2n) is 5.51. The van der Waals surface area contributed by atoms with Gasteiger partial charge in [-0.25, -0.2) is 4.79 Å². The maximum atomic E-state index is 12.0. The van der Waals surface area contributed by atoms with Crippen molar-refractivity contribution in [3.63, 3.8) is 0 Å². The number of hydrogen-bond donors (Lipinski definition) is 0. The second kappa shape index (κ2) is 7.64. The lowest BCUT2D eigenvalue weighted by atomic mass is 10.1. The lowest BCUT2D eigenvalue weighted by Crippen LogP contribution is -2.04. The Kier molecular flexibility index (Phi) is 5.12. The number of esters is 1. The molecule has 0 saturated carbocycles. The van der Waals surface area contributed by atoms with Crippen molar-refractivity contribution in [2.75, 3.05) is 6.61 Å². The first-order valence-corrected chi connectivity index (χ1v) is 8.18. The fourth-order valence-corrected chi connectivity index (χ4v) is 2.64. The van der Waals surface area contributed by atoms with Crippen molar-refractivity contribution in [1.82, 2.24) is 0 Å². The molecule has 0 aliphatic rings. The van der Waals surface area contributed by atoms with Crippen LogP contribution in [0.4, 0.5) is 0 Å². The van der Waals surface area contributed by atoms with Gasteiger partial charge in [-0.2, -0.15) is 0 Å². The summed E-state index contributed by atoms with van der Waals surface area (Å²) >= 11 is 0. The number of rotatable bonds is 6. The first kappa shape index (κ1) is 16.1. The van der Waals surface area contributed by atoms with Crippen LogP contribution in [0.1, 0.15) is 35.0 Å². The second-order valence-corrected chi connectivity index (χ2v) is 5.51. The number of hydrogen-bond acceptors (Lipinski definition) is 3. The molecule has 24 heavy (non-hydrogen) atoms. The molecule has 0 saturated heterocycles. The standard InChI is InChI=1S/C21H20O3/c1-2-23-21(22)18-13-8-14-20-19(18)15-17(24-20)12-7-6-11-16-9-4-3-5-10-16/h3-5,7-10,12-15H,2,6,11H2,1H3/b12-7-. The van der Waals surface area contributed by atoms with Gasteiger partial charge in [-0.15, -0.1) is 0 Å². The molecule has 0 aliphatic heterocycles. The zero-order valence-electron chi connectivity index (χ0n) is 13.7. The number of carbonyl (C=O) groups is 1. The molecule has 122 valence electrons. The number of benzene rings is 2. The third-order valence-electron chi connectivity index (χ3n) is 3.80. The summed E-state index contributed by atoms with van der Waals surface area (Å²) in [6, 6.07) is 17.7. The van der Waals surface area contributed by atoms with Gasteiger partial charge in [-0.05, 0) is 49.6 Å². The zero-order valence-corrected chi connectivity index (χ0v) is 13.7. The molecule has 0 radical (unpaired) electrons. The van der Waals surface area contributed by atoms with E-state index in [4.69, 9.17) is 9.15 Å². The monoisotopic (exact) mass is 320 g/mol. The van der Waals surface area contributed by atoms with E-state index >= 15 is 0 Å². The summed E-state index contributed by atoms with van der Waals surface area (Å²) in [5.74, 6) is 0.429. The molecular formula is C21H20O3. The molecule has 1 aromatic heterocycles. The van der Waals surface area contributed by atoms with E-state index in [1.165, 1.54) is 5.56 Å². The number of ether oxygens (including phenoxy) is 1. The number of aryl methyl sites for hydroxylation is 1. The van der Waals surface area contributed by atoms with Crippen LogP contribution in [0.15, 0.2) is 65.1 Å². The van der Waals surface area contributed by atoms with E-state index in [0.717, 1.165) is 24.0 Å². The molecular weight excluding hydrogens is 300 g/mol. The average molecular weight is 320 g/mol. The van der Waals surface area contributed by atoms with Crippen LogP contribution in [0.5, 0.6) is 0 Å². The summed E-state index contributed by atoms with van der Waals surface area (Å²) in [6.07, 6.45) is 5.98. The molecule has 0 N–H and O–H groups in total. The summed E-state index contributed by atoms with van der Waals surface area (Å²) < 4.78 is 10.9. The Morgan fingerprint density at radius 1 is 1.12 bits per heavy atom. The van der Waals surface area contributed by atoms with Crippen molar-refractivity contribution < 1.29 is 13.9 Å². The maximum absolute atomic E-state index is 12.0. The van der Waals surface area contributed by atoms with Crippen LogP contribution in [-0.2, 0) is 11.2 Å².